The van der Waals surface area contributed by atoms with Crippen LogP contribution in [-0.2, 0) is 23.0 Å². The Kier molecular flexibility index (Phi) is 6.78. The third-order valence-corrected chi connectivity index (χ3v) is 10.7. The van der Waals surface area contributed by atoms with Gasteiger partial charge in [0.15, 0.2) is 17.3 Å². The van der Waals surface area contributed by atoms with Crippen molar-refractivity contribution >= 4 is 11.5 Å². The van der Waals surface area contributed by atoms with E-state index in [9.17, 15) is 9.65 Å². The Morgan fingerprint density at radius 2 is 2.11 bits per heavy atom. The lowest BCUT2D eigenvalue weighted by atomic mass is 9.68. The second kappa shape index (κ2) is 10.6. The number of ether oxygens (including phenoxy) is 2. The van der Waals surface area contributed by atoms with Crippen molar-refractivity contribution in [1.82, 2.24) is 25.3 Å². The highest BCUT2D eigenvalue weighted by Gasteiger charge is 2.49. The summed E-state index contributed by atoms with van der Waals surface area (Å²) in [7, 11) is 1.94. The van der Waals surface area contributed by atoms with Gasteiger partial charge in [-0.25, -0.2) is 9.37 Å². The molecule has 12 heteroatoms. The lowest BCUT2D eigenvalue weighted by Crippen LogP contribution is -2.70. The summed E-state index contributed by atoms with van der Waals surface area (Å²) in [6.45, 7) is 6.04. The summed E-state index contributed by atoms with van der Waals surface area (Å²) in [4.78, 5) is 14.2. The van der Waals surface area contributed by atoms with E-state index in [1.807, 2.05) is 37.1 Å². The first-order valence-electron chi connectivity index (χ1n) is 16.1. The van der Waals surface area contributed by atoms with Crippen LogP contribution >= 0.6 is 0 Å². The topological polar surface area (TPSA) is 139 Å². The zero-order chi connectivity index (χ0) is 30.9. The molecule has 236 valence electrons. The number of nitrogens with one attached hydrogen (secondary N) is 1. The maximum atomic E-state index is 14.3. The van der Waals surface area contributed by atoms with Gasteiger partial charge in [0.05, 0.1) is 29.7 Å². The van der Waals surface area contributed by atoms with Crippen LogP contribution in [-0.4, -0.2) is 90.3 Å². The number of fused-ring (bicyclic) bond motifs is 4. The van der Waals surface area contributed by atoms with Crippen LogP contribution in [0.5, 0.6) is 5.88 Å². The van der Waals surface area contributed by atoms with Gasteiger partial charge in [-0.3, -0.25) is 4.90 Å². The summed E-state index contributed by atoms with van der Waals surface area (Å²) in [6, 6.07) is 8.09. The Morgan fingerprint density at radius 3 is 2.87 bits per heavy atom. The molecule has 3 aromatic rings. The van der Waals surface area contributed by atoms with Crippen molar-refractivity contribution in [3.8, 4) is 23.5 Å². The number of nitrogens with zero attached hydrogens (tertiary/aromatic N) is 6. The Hall–Kier alpha value is -3.79. The van der Waals surface area contributed by atoms with Gasteiger partial charge in [-0.05, 0) is 69.7 Å². The molecule has 0 amide bonds. The summed E-state index contributed by atoms with van der Waals surface area (Å²) in [5, 5.41) is 18.3. The standard InChI is InChI=1S/C33H39FN8O3/c1-19(25-12-21(34)15-41(25)2)44-27-13-26(42-11-10-37-32(16-42)17-43-18-32)38-31(39-27)29-22-4-3-8-33(30(22)45-40-29)9-7-20-5-6-24(36)23(14-35)28(20)33/h5-6,13,19,21,25,37H,3-4,7-12,15-18,36H2,1-2H3/t19-,21+,25-,33-/m0/s1. The second-order valence-corrected chi connectivity index (χ2v) is 13.6. The fraction of sp³-hybridized carbons (Fsp3) is 0.576. The van der Waals surface area contributed by atoms with Gasteiger partial charge in [0, 0.05) is 49.5 Å². The molecular formula is C33H39FN8O3. The van der Waals surface area contributed by atoms with Crippen molar-refractivity contribution in [2.45, 2.75) is 74.7 Å². The van der Waals surface area contributed by atoms with Crippen LogP contribution in [0.25, 0.3) is 11.5 Å². The molecule has 5 aliphatic rings. The first-order valence-corrected chi connectivity index (χ1v) is 16.1. The molecule has 2 aromatic heterocycles. The number of hydrogen-bond donors (Lipinski definition) is 2. The number of nitriles is 1. The third kappa shape index (κ3) is 4.58. The molecule has 1 aromatic carbocycles. The number of likely N-dealkylation sites (N-methyl/N-ethyl adjacent to an activating group) is 1. The first kappa shape index (κ1) is 28.7. The van der Waals surface area contributed by atoms with E-state index < -0.39 is 11.6 Å². The number of aromatic nitrogens is 3. The van der Waals surface area contributed by atoms with Crippen molar-refractivity contribution in [2.75, 3.05) is 57.1 Å². The van der Waals surface area contributed by atoms with Crippen LogP contribution in [0.15, 0.2) is 22.7 Å². The molecule has 2 aliphatic carbocycles. The first-order chi connectivity index (χ1) is 21.8. The number of likely N-dealkylation sites (tertiary alicyclic amines) is 1. The molecule has 0 bridgehead atoms. The van der Waals surface area contributed by atoms with Crippen LogP contribution < -0.4 is 20.7 Å². The van der Waals surface area contributed by atoms with E-state index in [0.717, 1.165) is 80.0 Å². The number of alkyl halides is 1. The Balaban J connectivity index is 1.20. The SMILES string of the molecule is C[C@H](Oc1cc(N2CCNC3(COC3)C2)nc(-c2noc3c2CCC[C@@]32CCc3ccc(N)c(C#N)c32)n1)[C@@H]1C[C@@H](F)CN1C. The molecule has 3 saturated heterocycles. The van der Waals surface area contributed by atoms with E-state index in [0.29, 0.717) is 54.8 Å². The largest absolute Gasteiger partial charge is 0.473 e. The van der Waals surface area contributed by atoms with Crippen LogP contribution in [0.1, 0.15) is 60.6 Å². The highest BCUT2D eigenvalue weighted by molar-refractivity contribution is 5.68. The van der Waals surface area contributed by atoms with Crippen LogP contribution in [0.2, 0.25) is 0 Å². The third-order valence-electron chi connectivity index (χ3n) is 10.7. The zero-order valence-corrected chi connectivity index (χ0v) is 25.8. The quantitative estimate of drug-likeness (QED) is 0.410. The highest BCUT2D eigenvalue weighted by Crippen LogP contribution is 2.54. The molecule has 3 aliphatic heterocycles. The molecule has 0 saturated carbocycles. The van der Waals surface area contributed by atoms with E-state index in [1.54, 1.807) is 0 Å². The summed E-state index contributed by atoms with van der Waals surface area (Å²) in [6.07, 6.45) is 3.53. The fourth-order valence-corrected chi connectivity index (χ4v) is 8.48. The number of benzene rings is 1. The van der Waals surface area contributed by atoms with Gasteiger partial charge in [-0.2, -0.15) is 10.2 Å². The van der Waals surface area contributed by atoms with E-state index in [4.69, 9.17) is 29.7 Å². The van der Waals surface area contributed by atoms with Gasteiger partial charge in [-0.15, -0.1) is 0 Å². The number of piperazine rings is 1. The van der Waals surface area contributed by atoms with E-state index in [1.165, 1.54) is 0 Å². The van der Waals surface area contributed by atoms with Crippen molar-refractivity contribution in [3.63, 3.8) is 0 Å². The van der Waals surface area contributed by atoms with Gasteiger partial charge in [0.25, 0.3) is 0 Å². The normalized spacial score (nSPS) is 27.6. The van der Waals surface area contributed by atoms with Gasteiger partial charge >= 0.3 is 0 Å². The van der Waals surface area contributed by atoms with Gasteiger partial charge in [0.2, 0.25) is 5.88 Å². The molecule has 3 fully saturated rings. The average molecular weight is 615 g/mol. The summed E-state index contributed by atoms with van der Waals surface area (Å²) >= 11 is 0. The molecular weight excluding hydrogens is 575 g/mol. The lowest BCUT2D eigenvalue weighted by Gasteiger charge is -2.49. The zero-order valence-electron chi connectivity index (χ0n) is 25.8. The van der Waals surface area contributed by atoms with Gasteiger partial charge < -0.3 is 29.9 Å². The number of hydrogen-bond acceptors (Lipinski definition) is 11. The number of rotatable bonds is 5. The van der Waals surface area contributed by atoms with Gasteiger partial charge in [0.1, 0.15) is 24.2 Å². The van der Waals surface area contributed by atoms with Crippen LogP contribution in [0.4, 0.5) is 15.9 Å². The second-order valence-electron chi connectivity index (χ2n) is 13.6. The molecule has 8 rings (SSSR count). The maximum Gasteiger partial charge on any atom is 0.219 e. The molecule has 4 atom stereocenters. The summed E-state index contributed by atoms with van der Waals surface area (Å²) in [5.74, 6) is 2.43. The van der Waals surface area contributed by atoms with Crippen molar-refractivity contribution in [2.24, 2.45) is 0 Å². The van der Waals surface area contributed by atoms with E-state index in [2.05, 4.69) is 21.4 Å². The molecule has 0 radical (unpaired) electrons. The smallest absolute Gasteiger partial charge is 0.219 e. The number of nitrogen functional groups attached to an aromatic ring is 1. The molecule has 2 spiro atoms. The van der Waals surface area contributed by atoms with Crippen molar-refractivity contribution < 1.29 is 18.4 Å². The predicted molar refractivity (Wildman–Crippen MR) is 165 cm³/mol. The highest BCUT2D eigenvalue weighted by atomic mass is 19.1. The van der Waals surface area contributed by atoms with Crippen molar-refractivity contribution in [1.29, 1.82) is 5.26 Å². The average Bonchev–Trinajstić information content (AvgIpc) is 3.72. The minimum absolute atomic E-state index is 0.0553. The fourth-order valence-electron chi connectivity index (χ4n) is 8.48. The van der Waals surface area contributed by atoms with E-state index >= 15 is 0 Å². The summed E-state index contributed by atoms with van der Waals surface area (Å²) in [5.41, 5.74) is 10.5. The lowest BCUT2D eigenvalue weighted by molar-refractivity contribution is -0.0743. The van der Waals surface area contributed by atoms with E-state index in [-0.39, 0.29) is 17.7 Å². The minimum atomic E-state index is -0.865. The molecule has 11 nitrogen and oxygen atoms in total. The predicted octanol–water partition coefficient (Wildman–Crippen LogP) is 3.14. The number of aryl methyl sites for hydroxylation is 1. The molecule has 45 heavy (non-hydrogen) atoms. The monoisotopic (exact) mass is 614 g/mol. The molecule has 5 heterocycles. The minimum Gasteiger partial charge on any atom is -0.473 e. The number of nitrogens with two attached hydrogens (primary N) is 1. The molecule has 0 unspecified atom stereocenters. The number of anilines is 2. The molecule has 3 N–H and O–H groups in total. The Morgan fingerprint density at radius 1 is 1.24 bits per heavy atom. The van der Waals surface area contributed by atoms with Crippen LogP contribution in [0.3, 0.4) is 0 Å². The van der Waals surface area contributed by atoms with Crippen LogP contribution in [0, 0.1) is 11.3 Å². The summed E-state index contributed by atoms with van der Waals surface area (Å²) < 4.78 is 32.5. The number of halogens is 1. The van der Waals surface area contributed by atoms with Gasteiger partial charge in [-0.1, -0.05) is 11.2 Å². The Labute approximate surface area is 261 Å². The Bertz CT molecular complexity index is 1680. The van der Waals surface area contributed by atoms with Crippen molar-refractivity contribution in [3.05, 3.63) is 46.2 Å². The maximum absolute atomic E-state index is 14.3.